The third-order valence-corrected chi connectivity index (χ3v) is 2.94. The summed E-state index contributed by atoms with van der Waals surface area (Å²) >= 11 is 0. The van der Waals surface area contributed by atoms with Crippen LogP contribution in [0.15, 0.2) is 18.3 Å². The first kappa shape index (κ1) is 13.7. The highest BCUT2D eigenvalue weighted by Crippen LogP contribution is 2.28. The Hall–Kier alpha value is -2.68. The van der Waals surface area contributed by atoms with Crippen molar-refractivity contribution in [2.45, 2.75) is 26.3 Å². The molecule has 0 bridgehead atoms. The average Bonchev–Trinajstić information content (AvgIpc) is 2.77. The summed E-state index contributed by atoms with van der Waals surface area (Å²) in [5, 5.41) is 13.6. The van der Waals surface area contributed by atoms with Gasteiger partial charge in [0.15, 0.2) is 0 Å². The van der Waals surface area contributed by atoms with Gasteiger partial charge in [-0.05, 0) is 26.0 Å². The number of nitrogens with two attached hydrogens (primary N) is 1. The zero-order chi connectivity index (χ0) is 14.7. The van der Waals surface area contributed by atoms with Crippen molar-refractivity contribution < 1.29 is 4.79 Å². The molecule has 0 aliphatic rings. The molecule has 0 radical (unpaired) electrons. The number of anilines is 1. The number of rotatable bonds is 4. The molecule has 0 saturated heterocycles. The van der Waals surface area contributed by atoms with Gasteiger partial charge in [-0.25, -0.2) is 4.68 Å². The first-order valence-corrected chi connectivity index (χ1v) is 6.25. The predicted molar refractivity (Wildman–Crippen MR) is 74.7 cm³/mol. The minimum absolute atomic E-state index is 0.0677. The van der Waals surface area contributed by atoms with Crippen LogP contribution in [-0.2, 0) is 11.2 Å². The van der Waals surface area contributed by atoms with Gasteiger partial charge in [0.25, 0.3) is 0 Å². The van der Waals surface area contributed by atoms with Crippen LogP contribution in [-0.4, -0.2) is 21.1 Å². The summed E-state index contributed by atoms with van der Waals surface area (Å²) in [4.78, 5) is 14.6. The molecule has 2 aromatic heterocycles. The van der Waals surface area contributed by atoms with Crippen LogP contribution in [0.4, 0.5) is 5.82 Å². The average molecular weight is 269 g/mol. The van der Waals surface area contributed by atoms with Crippen molar-refractivity contribution >= 4 is 12.1 Å². The van der Waals surface area contributed by atoms with E-state index in [1.54, 1.807) is 23.0 Å². The summed E-state index contributed by atoms with van der Waals surface area (Å²) in [7, 11) is 0. The molecule has 20 heavy (non-hydrogen) atoms. The van der Waals surface area contributed by atoms with Crippen LogP contribution in [0.1, 0.15) is 31.1 Å². The normalized spacial score (nSPS) is 10.5. The molecule has 0 aromatic carbocycles. The van der Waals surface area contributed by atoms with Gasteiger partial charge in [-0.1, -0.05) is 0 Å². The standard InChI is InChI=1S/C14H15N5O/c1-9(2)19-14(16)12(7-15)13(18-19)10-3-4-11(5-6-20)17-8-10/h3-4,6,8-9H,5,16H2,1-2H3. The highest BCUT2D eigenvalue weighted by molar-refractivity contribution is 5.72. The largest absolute Gasteiger partial charge is 0.383 e. The fourth-order valence-electron chi connectivity index (χ4n) is 1.92. The van der Waals surface area contributed by atoms with Crippen molar-refractivity contribution in [3.8, 4) is 17.3 Å². The van der Waals surface area contributed by atoms with E-state index in [1.807, 2.05) is 13.8 Å². The zero-order valence-electron chi connectivity index (χ0n) is 11.4. The minimum atomic E-state index is 0.0677. The highest BCUT2D eigenvalue weighted by Gasteiger charge is 2.18. The van der Waals surface area contributed by atoms with Gasteiger partial charge in [0.2, 0.25) is 0 Å². The van der Waals surface area contributed by atoms with E-state index in [1.165, 1.54) is 0 Å². The Bertz CT molecular complexity index is 664. The lowest BCUT2D eigenvalue weighted by molar-refractivity contribution is -0.107. The fourth-order valence-corrected chi connectivity index (χ4v) is 1.92. The van der Waals surface area contributed by atoms with Gasteiger partial charge in [0, 0.05) is 29.9 Å². The van der Waals surface area contributed by atoms with Gasteiger partial charge < -0.3 is 10.5 Å². The fraction of sp³-hybridized carbons (Fsp3) is 0.286. The van der Waals surface area contributed by atoms with Crippen molar-refractivity contribution in [1.82, 2.24) is 14.8 Å². The lowest BCUT2D eigenvalue weighted by Gasteiger charge is -2.06. The summed E-state index contributed by atoms with van der Waals surface area (Å²) in [6.07, 6.45) is 2.67. The molecular weight excluding hydrogens is 254 g/mol. The Morgan fingerprint density at radius 2 is 2.25 bits per heavy atom. The number of hydrogen-bond donors (Lipinski definition) is 1. The molecule has 0 fully saturated rings. The number of nitrogen functional groups attached to an aromatic ring is 1. The third-order valence-electron chi connectivity index (χ3n) is 2.94. The van der Waals surface area contributed by atoms with Gasteiger partial charge >= 0.3 is 0 Å². The van der Waals surface area contributed by atoms with E-state index in [4.69, 9.17) is 5.73 Å². The van der Waals surface area contributed by atoms with Crippen LogP contribution in [0, 0.1) is 11.3 Å². The molecule has 0 saturated carbocycles. The van der Waals surface area contributed by atoms with Crippen molar-refractivity contribution in [2.24, 2.45) is 0 Å². The number of aldehydes is 1. The van der Waals surface area contributed by atoms with E-state index in [-0.39, 0.29) is 12.5 Å². The molecule has 6 nitrogen and oxygen atoms in total. The molecule has 0 atom stereocenters. The van der Waals surface area contributed by atoms with Gasteiger partial charge in [-0.3, -0.25) is 4.98 Å². The topological polar surface area (TPSA) is 97.6 Å². The number of carbonyl (C=O) groups excluding carboxylic acids is 1. The third kappa shape index (κ3) is 2.38. The van der Waals surface area contributed by atoms with Gasteiger partial charge in [-0.2, -0.15) is 10.4 Å². The van der Waals surface area contributed by atoms with Crippen LogP contribution >= 0.6 is 0 Å². The maximum absolute atomic E-state index is 10.4. The molecule has 0 aliphatic heterocycles. The maximum Gasteiger partial charge on any atom is 0.140 e. The Morgan fingerprint density at radius 3 is 2.75 bits per heavy atom. The number of nitrogens with zero attached hydrogens (tertiary/aromatic N) is 4. The summed E-state index contributed by atoms with van der Waals surface area (Å²) in [6.45, 7) is 3.89. The molecule has 0 unspecified atom stereocenters. The molecule has 2 rings (SSSR count). The summed E-state index contributed by atoms with van der Waals surface area (Å²) < 4.78 is 1.62. The number of nitriles is 1. The van der Waals surface area contributed by atoms with Gasteiger partial charge in [0.1, 0.15) is 29.4 Å². The lowest BCUT2D eigenvalue weighted by atomic mass is 10.1. The van der Waals surface area contributed by atoms with Crippen LogP contribution in [0.2, 0.25) is 0 Å². The first-order valence-electron chi connectivity index (χ1n) is 6.25. The SMILES string of the molecule is CC(C)n1nc(-c2ccc(CC=O)nc2)c(C#N)c1N. The second-order valence-electron chi connectivity index (χ2n) is 4.67. The molecule has 0 amide bonds. The zero-order valence-corrected chi connectivity index (χ0v) is 11.4. The Kier molecular flexibility index (Phi) is 3.80. The Balaban J connectivity index is 2.49. The van der Waals surface area contributed by atoms with Gasteiger partial charge in [0.05, 0.1) is 0 Å². The van der Waals surface area contributed by atoms with Crippen LogP contribution in [0.25, 0.3) is 11.3 Å². The highest BCUT2D eigenvalue weighted by atomic mass is 16.1. The van der Waals surface area contributed by atoms with E-state index in [2.05, 4.69) is 16.2 Å². The van der Waals surface area contributed by atoms with E-state index < -0.39 is 0 Å². The molecule has 102 valence electrons. The van der Waals surface area contributed by atoms with E-state index >= 15 is 0 Å². The van der Waals surface area contributed by atoms with Crippen molar-refractivity contribution in [1.29, 1.82) is 5.26 Å². The van der Waals surface area contributed by atoms with E-state index in [0.717, 1.165) is 6.29 Å². The van der Waals surface area contributed by atoms with E-state index in [0.29, 0.717) is 28.3 Å². The lowest BCUT2D eigenvalue weighted by Crippen LogP contribution is -2.07. The van der Waals surface area contributed by atoms with Gasteiger partial charge in [-0.15, -0.1) is 0 Å². The van der Waals surface area contributed by atoms with Crippen molar-refractivity contribution in [2.75, 3.05) is 5.73 Å². The van der Waals surface area contributed by atoms with Crippen LogP contribution in [0.5, 0.6) is 0 Å². The molecule has 2 heterocycles. The molecule has 2 N–H and O–H groups in total. The minimum Gasteiger partial charge on any atom is -0.383 e. The number of carbonyl (C=O) groups is 1. The molecule has 2 aromatic rings. The molecule has 6 heteroatoms. The smallest absolute Gasteiger partial charge is 0.140 e. The van der Waals surface area contributed by atoms with Crippen LogP contribution in [0.3, 0.4) is 0 Å². The van der Waals surface area contributed by atoms with Crippen molar-refractivity contribution in [3.05, 3.63) is 29.6 Å². The number of pyridine rings is 1. The summed E-state index contributed by atoms with van der Waals surface area (Å²) in [5.74, 6) is 0.356. The second kappa shape index (κ2) is 5.53. The molecule has 0 spiro atoms. The summed E-state index contributed by atoms with van der Waals surface area (Å²) in [6, 6.07) is 5.69. The summed E-state index contributed by atoms with van der Waals surface area (Å²) in [5.41, 5.74) is 8.20. The maximum atomic E-state index is 10.4. The van der Waals surface area contributed by atoms with Crippen molar-refractivity contribution in [3.63, 3.8) is 0 Å². The predicted octanol–water partition coefficient (Wildman–Crippen LogP) is 1.72. The molecular formula is C14H15N5O. The Morgan fingerprint density at radius 1 is 1.50 bits per heavy atom. The quantitative estimate of drug-likeness (QED) is 0.852. The number of hydrogen-bond acceptors (Lipinski definition) is 5. The molecule has 0 aliphatic carbocycles. The Labute approximate surface area is 116 Å². The monoisotopic (exact) mass is 269 g/mol. The first-order chi connectivity index (χ1) is 9.58. The van der Waals surface area contributed by atoms with Crippen LogP contribution < -0.4 is 5.73 Å². The number of aromatic nitrogens is 3. The second-order valence-corrected chi connectivity index (χ2v) is 4.67. The van der Waals surface area contributed by atoms with E-state index in [9.17, 15) is 10.1 Å².